The van der Waals surface area contributed by atoms with Crippen LogP contribution >= 0.6 is 0 Å². The summed E-state index contributed by atoms with van der Waals surface area (Å²) in [6.07, 6.45) is 6.71. The van der Waals surface area contributed by atoms with Crippen molar-refractivity contribution in [1.29, 1.82) is 0 Å². The summed E-state index contributed by atoms with van der Waals surface area (Å²) in [5.74, 6) is -0.251. The van der Waals surface area contributed by atoms with Gasteiger partial charge in [-0.05, 0) is 18.4 Å². The number of carbonyl (C=O) groups excluding carboxylic acids is 2. The van der Waals surface area contributed by atoms with Crippen molar-refractivity contribution in [2.45, 2.75) is 38.8 Å². The van der Waals surface area contributed by atoms with E-state index in [1.54, 1.807) is 24.1 Å². The van der Waals surface area contributed by atoms with Crippen molar-refractivity contribution in [3.8, 4) is 0 Å². The van der Waals surface area contributed by atoms with E-state index in [2.05, 4.69) is 18.5 Å². The van der Waals surface area contributed by atoms with Gasteiger partial charge in [0, 0.05) is 13.0 Å². The molecule has 1 aliphatic rings. The highest BCUT2D eigenvalue weighted by Crippen LogP contribution is 2.31. The number of allylic oxidation sites excluding steroid dienone is 2. The van der Waals surface area contributed by atoms with Gasteiger partial charge in [0.2, 0.25) is 11.8 Å². The monoisotopic (exact) mass is 276 g/mol. The summed E-state index contributed by atoms with van der Waals surface area (Å²) in [7, 11) is 1.60. The molecule has 0 aliphatic carbocycles. The molecule has 1 saturated heterocycles. The van der Waals surface area contributed by atoms with E-state index < -0.39 is 6.04 Å². The van der Waals surface area contributed by atoms with Gasteiger partial charge >= 0.3 is 0 Å². The predicted molar refractivity (Wildman–Crippen MR) is 81.0 cm³/mol. The Morgan fingerprint density at radius 2 is 1.85 bits per heavy atom. The lowest BCUT2D eigenvalue weighted by Crippen LogP contribution is -2.50. The van der Waals surface area contributed by atoms with E-state index in [9.17, 15) is 9.59 Å². The minimum Gasteiger partial charge on any atom is -0.357 e. The number of hydrogen-bond acceptors (Lipinski definition) is 2. The van der Waals surface area contributed by atoms with Gasteiger partial charge in [-0.25, -0.2) is 0 Å². The zero-order valence-corrected chi connectivity index (χ0v) is 12.6. The third-order valence-corrected chi connectivity index (χ3v) is 3.61. The Bertz CT molecular complexity index is 438. The summed E-state index contributed by atoms with van der Waals surface area (Å²) in [6, 6.07) is -0.490. The second kappa shape index (κ2) is 7.08. The molecule has 4 heteroatoms. The largest absolute Gasteiger partial charge is 0.357 e. The Labute approximate surface area is 121 Å². The zero-order chi connectivity index (χ0) is 15.3. The number of rotatable bonds is 5. The van der Waals surface area contributed by atoms with Crippen LogP contribution in [0.25, 0.3) is 0 Å². The minimum absolute atomic E-state index is 0.00193. The van der Waals surface area contributed by atoms with Gasteiger partial charge in [-0.1, -0.05) is 45.2 Å². The van der Waals surface area contributed by atoms with Crippen LogP contribution in [0.15, 0.2) is 37.0 Å². The molecular weight excluding hydrogens is 252 g/mol. The Morgan fingerprint density at radius 3 is 2.30 bits per heavy atom. The molecule has 1 heterocycles. The fourth-order valence-electron chi connectivity index (χ4n) is 2.62. The maximum atomic E-state index is 12.5. The minimum atomic E-state index is -0.395. The first-order valence-electron chi connectivity index (χ1n) is 6.96. The van der Waals surface area contributed by atoms with Crippen molar-refractivity contribution in [3.63, 3.8) is 0 Å². The van der Waals surface area contributed by atoms with Gasteiger partial charge in [-0.3, -0.25) is 9.59 Å². The van der Waals surface area contributed by atoms with E-state index in [0.717, 1.165) is 12.0 Å². The number of likely N-dealkylation sites (tertiary alicyclic amines) is 1. The first-order chi connectivity index (χ1) is 9.47. The van der Waals surface area contributed by atoms with E-state index in [1.165, 1.54) is 0 Å². The maximum absolute atomic E-state index is 12.5. The molecule has 0 saturated carbocycles. The normalized spacial score (nSPS) is 22.8. The molecule has 2 atom stereocenters. The van der Waals surface area contributed by atoms with Gasteiger partial charge in [0.1, 0.15) is 6.04 Å². The average molecular weight is 276 g/mol. The number of amides is 2. The van der Waals surface area contributed by atoms with Crippen molar-refractivity contribution in [3.05, 3.63) is 37.0 Å². The molecule has 2 amide bonds. The number of likely N-dealkylation sites (N-methyl/N-ethyl adjacent to an activating group) is 1. The SMILES string of the molecule is C=C/C=C(\C=C)C1CCC(C(=O)NC)N1C(=O)C(C)C. The third kappa shape index (κ3) is 3.18. The van der Waals surface area contributed by atoms with E-state index in [1.807, 2.05) is 19.9 Å². The Hall–Kier alpha value is -1.84. The topological polar surface area (TPSA) is 49.4 Å². The Morgan fingerprint density at radius 1 is 1.25 bits per heavy atom. The molecule has 1 N–H and O–H groups in total. The van der Waals surface area contributed by atoms with Crippen LogP contribution in [0.1, 0.15) is 26.7 Å². The standard InChI is InChI=1S/C16H24N2O2/c1-6-8-12(7-2)13-9-10-14(15(19)17-5)18(13)16(20)11(3)4/h6-8,11,13-14H,1-2,9-10H2,3-5H3,(H,17,19)/b12-8+. The quantitative estimate of drug-likeness (QED) is 0.781. The molecule has 0 aromatic rings. The first-order valence-corrected chi connectivity index (χ1v) is 6.96. The van der Waals surface area contributed by atoms with Crippen molar-refractivity contribution < 1.29 is 9.59 Å². The smallest absolute Gasteiger partial charge is 0.242 e. The van der Waals surface area contributed by atoms with Crippen LogP contribution in [-0.4, -0.2) is 35.8 Å². The molecule has 0 aromatic carbocycles. The number of carbonyl (C=O) groups is 2. The summed E-state index contributed by atoms with van der Waals surface area (Å²) in [5, 5.41) is 2.64. The highest BCUT2D eigenvalue weighted by Gasteiger charge is 2.41. The highest BCUT2D eigenvalue weighted by molar-refractivity contribution is 5.89. The lowest BCUT2D eigenvalue weighted by atomic mass is 10.0. The summed E-state index contributed by atoms with van der Waals surface area (Å²) in [4.78, 5) is 26.2. The fraction of sp³-hybridized carbons (Fsp3) is 0.500. The summed E-state index contributed by atoms with van der Waals surface area (Å²) >= 11 is 0. The van der Waals surface area contributed by atoms with E-state index in [4.69, 9.17) is 0 Å². The molecule has 0 spiro atoms. The molecule has 110 valence electrons. The molecule has 1 aliphatic heterocycles. The molecule has 1 rings (SSSR count). The van der Waals surface area contributed by atoms with Crippen LogP contribution in [0, 0.1) is 5.92 Å². The second-order valence-electron chi connectivity index (χ2n) is 5.23. The predicted octanol–water partition coefficient (Wildman–Crippen LogP) is 2.05. The molecule has 0 aromatic heterocycles. The molecule has 2 unspecified atom stereocenters. The lowest BCUT2D eigenvalue weighted by molar-refractivity contribution is -0.142. The highest BCUT2D eigenvalue weighted by atomic mass is 16.2. The maximum Gasteiger partial charge on any atom is 0.242 e. The lowest BCUT2D eigenvalue weighted by Gasteiger charge is -2.31. The van der Waals surface area contributed by atoms with Crippen LogP contribution < -0.4 is 5.32 Å². The van der Waals surface area contributed by atoms with Crippen LogP contribution in [0.2, 0.25) is 0 Å². The van der Waals surface area contributed by atoms with Crippen molar-refractivity contribution >= 4 is 11.8 Å². The van der Waals surface area contributed by atoms with E-state index in [-0.39, 0.29) is 23.8 Å². The first kappa shape index (κ1) is 16.2. The van der Waals surface area contributed by atoms with Gasteiger partial charge in [0.15, 0.2) is 0 Å². The van der Waals surface area contributed by atoms with Crippen LogP contribution in [-0.2, 0) is 9.59 Å². The summed E-state index contributed by atoms with van der Waals surface area (Å²) in [5.41, 5.74) is 0.931. The van der Waals surface area contributed by atoms with Crippen molar-refractivity contribution in [2.75, 3.05) is 7.05 Å². The molecule has 20 heavy (non-hydrogen) atoms. The molecule has 0 bridgehead atoms. The third-order valence-electron chi connectivity index (χ3n) is 3.61. The van der Waals surface area contributed by atoms with Gasteiger partial charge in [0.25, 0.3) is 0 Å². The molecule has 4 nitrogen and oxygen atoms in total. The Kier molecular flexibility index (Phi) is 5.74. The summed E-state index contributed by atoms with van der Waals surface area (Å²) in [6.45, 7) is 11.2. The molecule has 1 fully saturated rings. The second-order valence-corrected chi connectivity index (χ2v) is 5.23. The number of nitrogens with one attached hydrogen (secondary N) is 1. The van der Waals surface area contributed by atoms with Gasteiger partial charge in [-0.2, -0.15) is 0 Å². The number of hydrogen-bond donors (Lipinski definition) is 1. The van der Waals surface area contributed by atoms with Gasteiger partial charge in [-0.15, -0.1) is 0 Å². The molecule has 0 radical (unpaired) electrons. The van der Waals surface area contributed by atoms with Crippen LogP contribution in [0.4, 0.5) is 0 Å². The zero-order valence-electron chi connectivity index (χ0n) is 12.6. The summed E-state index contributed by atoms with van der Waals surface area (Å²) < 4.78 is 0. The van der Waals surface area contributed by atoms with E-state index in [0.29, 0.717) is 6.42 Å². The molecular formula is C16H24N2O2. The van der Waals surface area contributed by atoms with Gasteiger partial charge in [0.05, 0.1) is 6.04 Å². The average Bonchev–Trinajstić information content (AvgIpc) is 2.87. The van der Waals surface area contributed by atoms with Crippen molar-refractivity contribution in [1.82, 2.24) is 10.2 Å². The number of nitrogens with zero attached hydrogens (tertiary/aromatic N) is 1. The van der Waals surface area contributed by atoms with Gasteiger partial charge < -0.3 is 10.2 Å². The van der Waals surface area contributed by atoms with Crippen molar-refractivity contribution in [2.24, 2.45) is 5.92 Å². The van der Waals surface area contributed by atoms with Crippen LogP contribution in [0.3, 0.4) is 0 Å². The van der Waals surface area contributed by atoms with E-state index >= 15 is 0 Å². The Balaban J connectivity index is 3.15. The van der Waals surface area contributed by atoms with Crippen LogP contribution in [0.5, 0.6) is 0 Å². The fourth-order valence-corrected chi connectivity index (χ4v) is 2.62.